The standard InChI is InChI=1S/C13H10O2S/c1-9(15)13-12(6-7-16-13)11-4-2-10(8-14)3-5-11/h2-8H,1H3. The van der Waals surface area contributed by atoms with E-state index in [1.54, 1.807) is 19.1 Å². The van der Waals surface area contributed by atoms with Gasteiger partial charge >= 0.3 is 0 Å². The molecular formula is C13H10O2S. The predicted molar refractivity (Wildman–Crippen MR) is 65.1 cm³/mol. The molecule has 16 heavy (non-hydrogen) atoms. The number of ketones is 1. The van der Waals surface area contributed by atoms with E-state index in [2.05, 4.69) is 0 Å². The molecule has 2 nitrogen and oxygen atoms in total. The molecule has 0 spiro atoms. The third-order valence-corrected chi connectivity index (χ3v) is 3.36. The summed E-state index contributed by atoms with van der Waals surface area (Å²) in [7, 11) is 0. The van der Waals surface area contributed by atoms with Crippen LogP contribution in [0, 0.1) is 0 Å². The Kier molecular flexibility index (Phi) is 2.97. The smallest absolute Gasteiger partial charge is 0.170 e. The first-order chi connectivity index (χ1) is 7.72. The van der Waals surface area contributed by atoms with Gasteiger partial charge in [-0.2, -0.15) is 0 Å². The van der Waals surface area contributed by atoms with Gasteiger partial charge in [0, 0.05) is 11.1 Å². The molecule has 0 aliphatic heterocycles. The van der Waals surface area contributed by atoms with E-state index in [0.717, 1.165) is 22.3 Å². The summed E-state index contributed by atoms with van der Waals surface area (Å²) in [6, 6.07) is 9.15. The molecule has 0 saturated carbocycles. The summed E-state index contributed by atoms with van der Waals surface area (Å²) in [5.74, 6) is 0.0736. The largest absolute Gasteiger partial charge is 0.298 e. The molecule has 0 aliphatic rings. The number of hydrogen-bond donors (Lipinski definition) is 0. The molecule has 2 rings (SSSR count). The summed E-state index contributed by atoms with van der Waals surface area (Å²) in [4.78, 5) is 22.7. The fourth-order valence-electron chi connectivity index (χ4n) is 1.55. The van der Waals surface area contributed by atoms with Crippen molar-refractivity contribution in [2.24, 2.45) is 0 Å². The lowest BCUT2D eigenvalue weighted by molar-refractivity contribution is 0.102. The summed E-state index contributed by atoms with van der Waals surface area (Å²) in [5.41, 5.74) is 2.55. The summed E-state index contributed by atoms with van der Waals surface area (Å²) in [5, 5.41) is 1.90. The summed E-state index contributed by atoms with van der Waals surface area (Å²) >= 11 is 1.44. The molecule has 1 heterocycles. The average molecular weight is 230 g/mol. The zero-order valence-corrected chi connectivity index (χ0v) is 9.58. The van der Waals surface area contributed by atoms with E-state index in [-0.39, 0.29) is 5.78 Å². The van der Waals surface area contributed by atoms with E-state index in [9.17, 15) is 9.59 Å². The molecule has 0 aliphatic carbocycles. The van der Waals surface area contributed by atoms with Crippen LogP contribution in [0.5, 0.6) is 0 Å². The Bertz CT molecular complexity index is 523. The van der Waals surface area contributed by atoms with Crippen molar-refractivity contribution in [3.05, 3.63) is 46.2 Å². The lowest BCUT2D eigenvalue weighted by Gasteiger charge is -2.01. The maximum absolute atomic E-state index is 11.4. The molecule has 1 aromatic heterocycles. The van der Waals surface area contributed by atoms with Crippen LogP contribution in [-0.4, -0.2) is 12.1 Å². The number of carbonyl (C=O) groups excluding carboxylic acids is 2. The second kappa shape index (κ2) is 4.41. The fourth-order valence-corrected chi connectivity index (χ4v) is 2.37. The molecule has 0 bridgehead atoms. The number of carbonyl (C=O) groups is 2. The quantitative estimate of drug-likeness (QED) is 0.598. The zero-order valence-electron chi connectivity index (χ0n) is 8.77. The molecule has 0 N–H and O–H groups in total. The van der Waals surface area contributed by atoms with Gasteiger partial charge in [0.25, 0.3) is 0 Å². The minimum Gasteiger partial charge on any atom is -0.298 e. The lowest BCUT2D eigenvalue weighted by Crippen LogP contribution is -1.90. The molecule has 0 radical (unpaired) electrons. The van der Waals surface area contributed by atoms with Gasteiger partial charge in [0.2, 0.25) is 0 Å². The summed E-state index contributed by atoms with van der Waals surface area (Å²) < 4.78 is 0. The van der Waals surface area contributed by atoms with Gasteiger partial charge in [0.05, 0.1) is 4.88 Å². The Morgan fingerprint density at radius 2 is 1.88 bits per heavy atom. The first kappa shape index (κ1) is 10.8. The summed E-state index contributed by atoms with van der Waals surface area (Å²) in [6.45, 7) is 1.56. The second-order valence-electron chi connectivity index (χ2n) is 3.46. The number of aldehydes is 1. The topological polar surface area (TPSA) is 34.1 Å². The molecule has 80 valence electrons. The average Bonchev–Trinajstić information content (AvgIpc) is 2.78. The van der Waals surface area contributed by atoms with E-state index in [0.29, 0.717) is 5.56 Å². The molecule has 1 aromatic carbocycles. The molecule has 3 heteroatoms. The molecule has 0 amide bonds. The Labute approximate surface area is 97.5 Å². The predicted octanol–water partition coefficient (Wildman–Crippen LogP) is 3.43. The summed E-state index contributed by atoms with van der Waals surface area (Å²) in [6.07, 6.45) is 0.809. The normalized spacial score (nSPS) is 10.1. The van der Waals surface area contributed by atoms with Gasteiger partial charge in [0.15, 0.2) is 5.78 Å². The third-order valence-electron chi connectivity index (χ3n) is 2.34. The van der Waals surface area contributed by atoms with Crippen molar-refractivity contribution in [2.45, 2.75) is 6.92 Å². The number of thiophene rings is 1. The molecular weight excluding hydrogens is 220 g/mol. The maximum atomic E-state index is 11.4. The van der Waals surface area contributed by atoms with Crippen LogP contribution in [0.2, 0.25) is 0 Å². The minimum atomic E-state index is 0.0736. The van der Waals surface area contributed by atoms with Crippen molar-refractivity contribution in [1.82, 2.24) is 0 Å². The number of Topliss-reactive ketones (excluding diaryl/α,β-unsaturated/α-hetero) is 1. The Morgan fingerprint density at radius 1 is 1.19 bits per heavy atom. The highest BCUT2D eigenvalue weighted by Crippen LogP contribution is 2.28. The highest BCUT2D eigenvalue weighted by atomic mass is 32.1. The van der Waals surface area contributed by atoms with Crippen LogP contribution in [0.15, 0.2) is 35.7 Å². The van der Waals surface area contributed by atoms with Gasteiger partial charge in [-0.25, -0.2) is 0 Å². The number of benzene rings is 1. The van der Waals surface area contributed by atoms with E-state index < -0.39 is 0 Å². The highest BCUT2D eigenvalue weighted by Gasteiger charge is 2.10. The van der Waals surface area contributed by atoms with Gasteiger partial charge in [-0.1, -0.05) is 24.3 Å². The van der Waals surface area contributed by atoms with Crippen molar-refractivity contribution in [1.29, 1.82) is 0 Å². The Morgan fingerprint density at radius 3 is 2.44 bits per heavy atom. The molecule has 0 atom stereocenters. The van der Waals surface area contributed by atoms with E-state index in [4.69, 9.17) is 0 Å². The Balaban J connectivity index is 2.46. The van der Waals surface area contributed by atoms with Crippen LogP contribution in [0.25, 0.3) is 11.1 Å². The highest BCUT2D eigenvalue weighted by molar-refractivity contribution is 7.12. The molecule has 2 aromatic rings. The lowest BCUT2D eigenvalue weighted by atomic mass is 10.0. The van der Waals surface area contributed by atoms with Gasteiger partial charge < -0.3 is 0 Å². The van der Waals surface area contributed by atoms with Crippen LogP contribution in [0.4, 0.5) is 0 Å². The van der Waals surface area contributed by atoms with Crippen molar-refractivity contribution in [3.8, 4) is 11.1 Å². The van der Waals surface area contributed by atoms with E-state index >= 15 is 0 Å². The molecule has 0 fully saturated rings. The fraction of sp³-hybridized carbons (Fsp3) is 0.0769. The van der Waals surface area contributed by atoms with Gasteiger partial charge in [-0.3, -0.25) is 9.59 Å². The van der Waals surface area contributed by atoms with Crippen molar-refractivity contribution >= 4 is 23.4 Å². The van der Waals surface area contributed by atoms with Crippen LogP contribution in [0.1, 0.15) is 27.0 Å². The third kappa shape index (κ3) is 1.95. The maximum Gasteiger partial charge on any atom is 0.170 e. The first-order valence-corrected chi connectivity index (χ1v) is 5.74. The minimum absolute atomic E-state index is 0.0736. The van der Waals surface area contributed by atoms with Crippen LogP contribution in [-0.2, 0) is 0 Å². The van der Waals surface area contributed by atoms with Crippen molar-refractivity contribution in [3.63, 3.8) is 0 Å². The first-order valence-electron chi connectivity index (χ1n) is 4.86. The van der Waals surface area contributed by atoms with Crippen molar-refractivity contribution in [2.75, 3.05) is 0 Å². The van der Waals surface area contributed by atoms with Gasteiger partial charge in [-0.05, 0) is 23.9 Å². The van der Waals surface area contributed by atoms with Gasteiger partial charge in [-0.15, -0.1) is 11.3 Å². The van der Waals surface area contributed by atoms with Crippen LogP contribution >= 0.6 is 11.3 Å². The number of hydrogen-bond acceptors (Lipinski definition) is 3. The van der Waals surface area contributed by atoms with E-state index in [1.165, 1.54) is 11.3 Å². The van der Waals surface area contributed by atoms with Crippen molar-refractivity contribution < 1.29 is 9.59 Å². The SMILES string of the molecule is CC(=O)c1sccc1-c1ccc(C=O)cc1. The second-order valence-corrected chi connectivity index (χ2v) is 4.38. The van der Waals surface area contributed by atoms with Crippen LogP contribution < -0.4 is 0 Å². The van der Waals surface area contributed by atoms with Gasteiger partial charge in [0.1, 0.15) is 6.29 Å². The zero-order chi connectivity index (χ0) is 11.5. The molecule has 0 unspecified atom stereocenters. The monoisotopic (exact) mass is 230 g/mol. The van der Waals surface area contributed by atoms with E-state index in [1.807, 2.05) is 23.6 Å². The Hall–Kier alpha value is -1.74. The van der Waals surface area contributed by atoms with Crippen LogP contribution in [0.3, 0.4) is 0 Å². The number of rotatable bonds is 3. The molecule has 0 saturated heterocycles.